The van der Waals surface area contributed by atoms with Crippen LogP contribution < -0.4 is 4.74 Å². The van der Waals surface area contributed by atoms with E-state index >= 15 is 0 Å². The number of hydrogen-bond donors (Lipinski definition) is 0. The van der Waals surface area contributed by atoms with Crippen LogP contribution in [0.4, 0.5) is 0 Å². The fraction of sp³-hybridized carbons (Fsp3) is 0.100. The normalized spacial score (nSPS) is 10.9. The van der Waals surface area contributed by atoms with Crippen molar-refractivity contribution < 1.29 is 4.74 Å². The summed E-state index contributed by atoms with van der Waals surface area (Å²) in [6.07, 6.45) is 3.18. The Kier molecular flexibility index (Phi) is 2.45. The van der Waals surface area contributed by atoms with Crippen molar-refractivity contribution in [1.29, 1.82) is 0 Å². The minimum absolute atomic E-state index is 0.481. The highest BCUT2D eigenvalue weighted by Crippen LogP contribution is 2.30. The van der Waals surface area contributed by atoms with E-state index in [1.807, 2.05) is 11.4 Å². The highest BCUT2D eigenvalue weighted by Gasteiger charge is 2.13. The molecule has 3 heterocycles. The maximum absolute atomic E-state index is 6.09. The SMILES string of the molecule is COc1csc(-c2nnc3cncc(Cl)n23)c1. The Labute approximate surface area is 106 Å². The first-order valence-electron chi connectivity index (χ1n) is 4.77. The minimum atomic E-state index is 0.481. The van der Waals surface area contributed by atoms with E-state index in [0.717, 1.165) is 10.6 Å². The molecule has 0 aliphatic heterocycles. The Bertz CT molecular complexity index is 678. The molecule has 0 aliphatic carbocycles. The molecule has 0 radical (unpaired) electrons. The lowest BCUT2D eigenvalue weighted by molar-refractivity contribution is 0.417. The van der Waals surface area contributed by atoms with Crippen molar-refractivity contribution in [2.75, 3.05) is 7.11 Å². The average Bonchev–Trinajstić information content (AvgIpc) is 2.94. The number of ether oxygens (including phenoxy) is 1. The van der Waals surface area contributed by atoms with Crippen LogP contribution in [-0.4, -0.2) is 26.7 Å². The molecule has 0 saturated heterocycles. The van der Waals surface area contributed by atoms with Gasteiger partial charge in [0.2, 0.25) is 0 Å². The van der Waals surface area contributed by atoms with E-state index in [1.54, 1.807) is 23.9 Å². The maximum atomic E-state index is 6.09. The van der Waals surface area contributed by atoms with Gasteiger partial charge < -0.3 is 4.74 Å². The van der Waals surface area contributed by atoms with Crippen molar-refractivity contribution in [2.24, 2.45) is 0 Å². The van der Waals surface area contributed by atoms with Crippen LogP contribution in [-0.2, 0) is 0 Å². The largest absolute Gasteiger partial charge is 0.496 e. The first kappa shape index (κ1) is 10.5. The molecule has 0 N–H and O–H groups in total. The third-order valence-corrected chi connectivity index (χ3v) is 3.48. The second-order valence-corrected chi connectivity index (χ2v) is 4.60. The fourth-order valence-electron chi connectivity index (χ4n) is 1.52. The zero-order valence-corrected chi connectivity index (χ0v) is 10.4. The molecule has 0 spiro atoms. The van der Waals surface area contributed by atoms with Crippen LogP contribution in [0, 0.1) is 0 Å². The van der Waals surface area contributed by atoms with E-state index in [1.165, 1.54) is 11.3 Å². The number of fused-ring (bicyclic) bond motifs is 1. The molecule has 0 unspecified atom stereocenters. The third kappa shape index (κ3) is 1.65. The summed E-state index contributed by atoms with van der Waals surface area (Å²) < 4.78 is 6.89. The van der Waals surface area contributed by atoms with E-state index in [-0.39, 0.29) is 0 Å². The van der Waals surface area contributed by atoms with Crippen molar-refractivity contribution in [3.8, 4) is 16.5 Å². The number of hydrogen-bond acceptors (Lipinski definition) is 5. The van der Waals surface area contributed by atoms with E-state index in [0.29, 0.717) is 16.6 Å². The monoisotopic (exact) mass is 266 g/mol. The molecule has 3 rings (SSSR count). The van der Waals surface area contributed by atoms with Crippen LogP contribution in [0.1, 0.15) is 0 Å². The Morgan fingerprint density at radius 1 is 1.35 bits per heavy atom. The van der Waals surface area contributed by atoms with Gasteiger partial charge in [-0.1, -0.05) is 11.6 Å². The van der Waals surface area contributed by atoms with Crippen LogP contribution in [0.15, 0.2) is 23.8 Å². The molecule has 3 aromatic heterocycles. The Morgan fingerprint density at radius 3 is 3.00 bits per heavy atom. The van der Waals surface area contributed by atoms with Crippen molar-refractivity contribution in [3.63, 3.8) is 0 Å². The van der Waals surface area contributed by atoms with Gasteiger partial charge >= 0.3 is 0 Å². The summed E-state index contributed by atoms with van der Waals surface area (Å²) >= 11 is 7.62. The molecule has 0 fully saturated rings. The van der Waals surface area contributed by atoms with Gasteiger partial charge in [0.25, 0.3) is 0 Å². The predicted octanol–water partition coefficient (Wildman–Crippen LogP) is 2.51. The highest BCUT2D eigenvalue weighted by atomic mass is 35.5. The molecule has 5 nitrogen and oxygen atoms in total. The van der Waals surface area contributed by atoms with E-state index in [4.69, 9.17) is 16.3 Å². The zero-order valence-electron chi connectivity index (χ0n) is 8.79. The zero-order chi connectivity index (χ0) is 11.8. The van der Waals surface area contributed by atoms with Gasteiger partial charge in [0.15, 0.2) is 11.5 Å². The first-order chi connectivity index (χ1) is 8.29. The summed E-state index contributed by atoms with van der Waals surface area (Å²) in [5.74, 6) is 1.49. The fourth-order valence-corrected chi connectivity index (χ4v) is 2.57. The molecule has 86 valence electrons. The van der Waals surface area contributed by atoms with Crippen molar-refractivity contribution in [2.45, 2.75) is 0 Å². The standard InChI is InChI=1S/C10H7ClN4OS/c1-16-6-2-7(17-5-6)10-14-13-9-4-12-3-8(11)15(9)10/h2-5H,1H3. The van der Waals surface area contributed by atoms with E-state index in [9.17, 15) is 0 Å². The molecule has 7 heteroatoms. The maximum Gasteiger partial charge on any atom is 0.180 e. The van der Waals surface area contributed by atoms with Gasteiger partial charge in [0.05, 0.1) is 24.4 Å². The number of methoxy groups -OCH3 is 1. The molecule has 3 aromatic rings. The third-order valence-electron chi connectivity index (χ3n) is 2.30. The number of thiophene rings is 1. The van der Waals surface area contributed by atoms with Gasteiger partial charge in [-0.15, -0.1) is 21.5 Å². The van der Waals surface area contributed by atoms with Crippen LogP contribution in [0.2, 0.25) is 5.15 Å². The molecular weight excluding hydrogens is 260 g/mol. The van der Waals surface area contributed by atoms with Gasteiger partial charge in [-0.25, -0.2) is 0 Å². The topological polar surface area (TPSA) is 52.3 Å². The Morgan fingerprint density at radius 2 is 2.24 bits per heavy atom. The number of rotatable bonds is 2. The van der Waals surface area contributed by atoms with Crippen molar-refractivity contribution in [1.82, 2.24) is 19.6 Å². The molecule has 0 amide bonds. The molecule has 0 aliphatic rings. The van der Waals surface area contributed by atoms with Crippen LogP contribution >= 0.6 is 22.9 Å². The highest BCUT2D eigenvalue weighted by molar-refractivity contribution is 7.13. The van der Waals surface area contributed by atoms with E-state index in [2.05, 4.69) is 15.2 Å². The lowest BCUT2D eigenvalue weighted by Crippen LogP contribution is -1.90. The molecule has 17 heavy (non-hydrogen) atoms. The summed E-state index contributed by atoms with van der Waals surface area (Å²) in [7, 11) is 1.63. The Balaban J connectivity index is 2.23. The van der Waals surface area contributed by atoms with Gasteiger partial charge in [-0.2, -0.15) is 0 Å². The van der Waals surface area contributed by atoms with E-state index < -0.39 is 0 Å². The quantitative estimate of drug-likeness (QED) is 0.715. The van der Waals surface area contributed by atoms with Gasteiger partial charge in [0.1, 0.15) is 10.9 Å². The molecule has 0 bridgehead atoms. The smallest absolute Gasteiger partial charge is 0.180 e. The summed E-state index contributed by atoms with van der Waals surface area (Å²) in [6.45, 7) is 0. The van der Waals surface area contributed by atoms with Crippen LogP contribution in [0.5, 0.6) is 5.75 Å². The summed E-state index contributed by atoms with van der Waals surface area (Å²) in [5, 5.41) is 10.5. The second kappa shape index (κ2) is 3.97. The van der Waals surface area contributed by atoms with Gasteiger partial charge in [0, 0.05) is 11.4 Å². The predicted molar refractivity (Wildman–Crippen MR) is 65.7 cm³/mol. The molecular formula is C10H7ClN4OS. The Hall–Kier alpha value is -1.66. The van der Waals surface area contributed by atoms with Crippen molar-refractivity contribution >= 4 is 28.6 Å². The van der Waals surface area contributed by atoms with Gasteiger partial charge in [-0.05, 0) is 0 Å². The average molecular weight is 267 g/mol. The van der Waals surface area contributed by atoms with Crippen LogP contribution in [0.25, 0.3) is 16.3 Å². The second-order valence-electron chi connectivity index (χ2n) is 3.30. The number of nitrogens with zero attached hydrogens (tertiary/aromatic N) is 4. The molecule has 0 atom stereocenters. The summed E-state index contributed by atoms with van der Waals surface area (Å²) in [4.78, 5) is 4.91. The first-order valence-corrected chi connectivity index (χ1v) is 6.03. The molecule has 0 saturated carbocycles. The number of halogens is 1. The minimum Gasteiger partial charge on any atom is -0.496 e. The lowest BCUT2D eigenvalue weighted by atomic mass is 10.4. The van der Waals surface area contributed by atoms with Gasteiger partial charge in [-0.3, -0.25) is 9.38 Å². The summed E-state index contributed by atoms with van der Waals surface area (Å²) in [5.41, 5.74) is 0.625. The lowest BCUT2D eigenvalue weighted by Gasteiger charge is -1.98. The molecule has 0 aromatic carbocycles. The summed E-state index contributed by atoms with van der Waals surface area (Å²) in [6, 6.07) is 1.90. The number of aromatic nitrogens is 4. The van der Waals surface area contributed by atoms with Crippen molar-refractivity contribution in [3.05, 3.63) is 29.0 Å². The van der Waals surface area contributed by atoms with Crippen LogP contribution in [0.3, 0.4) is 0 Å².